The summed E-state index contributed by atoms with van der Waals surface area (Å²) < 4.78 is 1.67. The summed E-state index contributed by atoms with van der Waals surface area (Å²) in [5, 5.41) is 9.99. The summed E-state index contributed by atoms with van der Waals surface area (Å²) in [5.41, 5.74) is 2.78. The van der Waals surface area contributed by atoms with Crippen LogP contribution in [-0.4, -0.2) is 27.4 Å². The van der Waals surface area contributed by atoms with Gasteiger partial charge in [0.1, 0.15) is 5.92 Å². The highest BCUT2D eigenvalue weighted by Gasteiger charge is 2.38. The molecule has 0 saturated heterocycles. The molecule has 0 fully saturated rings. The number of hydrogen-bond acceptors (Lipinski definition) is 3. The van der Waals surface area contributed by atoms with E-state index in [1.165, 1.54) is 0 Å². The van der Waals surface area contributed by atoms with Crippen molar-refractivity contribution in [3.63, 3.8) is 0 Å². The molecule has 1 aliphatic rings. The van der Waals surface area contributed by atoms with Gasteiger partial charge in [-0.05, 0) is 26.0 Å². The van der Waals surface area contributed by atoms with Gasteiger partial charge in [0, 0.05) is 30.2 Å². The molecule has 0 bridgehead atoms. The smallest absolute Gasteiger partial charge is 0.328 e. The molecule has 0 aliphatic carbocycles. The Kier molecular flexibility index (Phi) is 4.16. The van der Waals surface area contributed by atoms with Gasteiger partial charge in [-0.3, -0.25) is 9.48 Å². The summed E-state index contributed by atoms with van der Waals surface area (Å²) in [6.45, 7) is 3.56. The molecule has 2 unspecified atom stereocenters. The molecule has 0 radical (unpaired) electrons. The maximum absolute atomic E-state index is 12.8. The van der Waals surface area contributed by atoms with Crippen molar-refractivity contribution in [1.82, 2.24) is 15.1 Å². The largest absolute Gasteiger partial charge is 0.341 e. The molecule has 7 nitrogen and oxygen atoms in total. The molecule has 3 rings (SSSR count). The Morgan fingerprint density at radius 1 is 1.25 bits per heavy atom. The summed E-state index contributed by atoms with van der Waals surface area (Å²) in [6, 6.07) is 8.28. The van der Waals surface area contributed by atoms with Gasteiger partial charge in [0.2, 0.25) is 5.91 Å². The third-order valence-electron chi connectivity index (χ3n) is 4.05. The first-order valence-corrected chi connectivity index (χ1v) is 7.67. The Morgan fingerprint density at radius 2 is 1.96 bits per heavy atom. The van der Waals surface area contributed by atoms with Crippen molar-refractivity contribution in [1.29, 1.82) is 0 Å². The van der Waals surface area contributed by atoms with E-state index < -0.39 is 18.0 Å². The third kappa shape index (κ3) is 3.05. The van der Waals surface area contributed by atoms with Crippen LogP contribution in [0.25, 0.3) is 0 Å². The number of rotatable bonds is 3. The highest BCUT2D eigenvalue weighted by atomic mass is 16.2. The molecule has 1 aromatic carbocycles. The fraction of sp³-hybridized carbons (Fsp3) is 0.294. The van der Waals surface area contributed by atoms with Gasteiger partial charge in [-0.15, -0.1) is 0 Å². The lowest BCUT2D eigenvalue weighted by Crippen LogP contribution is -2.45. The van der Waals surface area contributed by atoms with Crippen LogP contribution in [0.15, 0.2) is 41.5 Å². The van der Waals surface area contributed by atoms with Crippen molar-refractivity contribution in [2.75, 3.05) is 5.32 Å². The van der Waals surface area contributed by atoms with E-state index in [2.05, 4.69) is 20.7 Å². The Balaban J connectivity index is 1.94. The van der Waals surface area contributed by atoms with Gasteiger partial charge in [0.25, 0.3) is 0 Å². The van der Waals surface area contributed by atoms with Crippen LogP contribution in [0.4, 0.5) is 10.5 Å². The van der Waals surface area contributed by atoms with E-state index in [1.807, 2.05) is 43.5 Å². The molecular formula is C17H19N5O2. The van der Waals surface area contributed by atoms with Crippen LogP contribution in [0.3, 0.4) is 0 Å². The van der Waals surface area contributed by atoms with Crippen molar-refractivity contribution >= 4 is 23.3 Å². The van der Waals surface area contributed by atoms with E-state index in [1.54, 1.807) is 18.7 Å². The van der Waals surface area contributed by atoms with Crippen molar-refractivity contribution < 1.29 is 9.59 Å². The number of amides is 3. The van der Waals surface area contributed by atoms with Crippen LogP contribution < -0.4 is 10.6 Å². The molecule has 24 heavy (non-hydrogen) atoms. The fourth-order valence-corrected chi connectivity index (χ4v) is 2.98. The lowest BCUT2D eigenvalue weighted by molar-refractivity contribution is -0.118. The van der Waals surface area contributed by atoms with Crippen LogP contribution in [0.1, 0.15) is 24.2 Å². The van der Waals surface area contributed by atoms with Gasteiger partial charge in [-0.2, -0.15) is 5.10 Å². The molecule has 1 aliphatic heterocycles. The Morgan fingerprint density at radius 3 is 2.58 bits per heavy atom. The molecule has 2 N–H and O–H groups in total. The zero-order valence-electron chi connectivity index (χ0n) is 13.8. The van der Waals surface area contributed by atoms with Gasteiger partial charge in [0.05, 0.1) is 11.7 Å². The standard InChI is InChI=1S/C17H19N5O2/c1-10-13(9-22(3)21-10)15-14(11(2)18-17(24)20-15)16(23)19-12-7-5-4-6-8-12/h4-9,14-15H,1-3H3,(H,19,23)(H,20,24). The first-order chi connectivity index (χ1) is 11.5. The van der Waals surface area contributed by atoms with Gasteiger partial charge in [0.15, 0.2) is 0 Å². The molecule has 0 saturated carbocycles. The molecule has 1 aromatic heterocycles. The topological polar surface area (TPSA) is 88.4 Å². The Hall–Kier alpha value is -2.96. The van der Waals surface area contributed by atoms with Crippen molar-refractivity contribution in [3.8, 4) is 0 Å². The monoisotopic (exact) mass is 325 g/mol. The minimum atomic E-state index is -0.592. The second-order valence-corrected chi connectivity index (χ2v) is 5.86. The van der Waals surface area contributed by atoms with Crippen LogP contribution >= 0.6 is 0 Å². The second kappa shape index (κ2) is 6.27. The normalized spacial score (nSPS) is 20.3. The molecule has 2 atom stereocenters. The van der Waals surface area contributed by atoms with E-state index in [9.17, 15) is 9.59 Å². The third-order valence-corrected chi connectivity index (χ3v) is 4.05. The van der Waals surface area contributed by atoms with Crippen molar-refractivity contribution in [2.24, 2.45) is 18.0 Å². The number of hydrogen-bond donors (Lipinski definition) is 2. The molecule has 0 spiro atoms. The maximum atomic E-state index is 12.8. The van der Waals surface area contributed by atoms with Gasteiger partial charge >= 0.3 is 6.03 Å². The molecule has 2 heterocycles. The van der Waals surface area contributed by atoms with E-state index in [0.29, 0.717) is 11.4 Å². The Labute approximate surface area is 139 Å². The number of urea groups is 1. The van der Waals surface area contributed by atoms with Gasteiger partial charge < -0.3 is 10.6 Å². The predicted molar refractivity (Wildman–Crippen MR) is 90.9 cm³/mol. The highest BCUT2D eigenvalue weighted by molar-refractivity contribution is 6.13. The zero-order chi connectivity index (χ0) is 17.3. The molecule has 124 valence electrons. The van der Waals surface area contributed by atoms with Gasteiger partial charge in [-0.25, -0.2) is 9.79 Å². The van der Waals surface area contributed by atoms with Gasteiger partial charge in [-0.1, -0.05) is 18.2 Å². The summed E-state index contributed by atoms with van der Waals surface area (Å²) >= 11 is 0. The Bertz CT molecular complexity index is 810. The van der Waals surface area contributed by atoms with Crippen molar-refractivity contribution in [2.45, 2.75) is 19.9 Å². The number of nitrogens with one attached hydrogen (secondary N) is 2. The average molecular weight is 325 g/mol. The number of carbonyl (C=O) groups is 2. The number of nitrogens with zero attached hydrogens (tertiary/aromatic N) is 3. The number of aromatic nitrogens is 2. The molecular weight excluding hydrogens is 306 g/mol. The predicted octanol–water partition coefficient (Wildman–Crippen LogP) is 2.21. The van der Waals surface area contributed by atoms with E-state index in [0.717, 1.165) is 11.3 Å². The van der Waals surface area contributed by atoms with Crippen LogP contribution in [0.2, 0.25) is 0 Å². The molecule has 7 heteroatoms. The van der Waals surface area contributed by atoms with E-state index in [-0.39, 0.29) is 5.91 Å². The number of para-hydroxylation sites is 1. The minimum absolute atomic E-state index is 0.212. The maximum Gasteiger partial charge on any atom is 0.341 e. The fourth-order valence-electron chi connectivity index (χ4n) is 2.98. The first kappa shape index (κ1) is 15.9. The van der Waals surface area contributed by atoms with E-state index >= 15 is 0 Å². The van der Waals surface area contributed by atoms with E-state index in [4.69, 9.17) is 0 Å². The summed E-state index contributed by atoms with van der Waals surface area (Å²) in [5.74, 6) is -0.804. The number of aryl methyl sites for hydroxylation is 2. The van der Waals surface area contributed by atoms with Crippen LogP contribution in [0, 0.1) is 12.8 Å². The highest BCUT2D eigenvalue weighted by Crippen LogP contribution is 2.29. The lowest BCUT2D eigenvalue weighted by Gasteiger charge is -2.29. The number of carbonyl (C=O) groups excluding carboxylic acids is 2. The second-order valence-electron chi connectivity index (χ2n) is 5.86. The number of benzene rings is 1. The molecule has 3 amide bonds. The summed E-state index contributed by atoms with van der Waals surface area (Å²) in [6.07, 6.45) is 1.82. The number of aliphatic imine (C=N–C) groups is 1. The SMILES string of the molecule is CC1=NC(=O)NC(c2cn(C)nc2C)C1C(=O)Nc1ccccc1. The van der Waals surface area contributed by atoms with Crippen LogP contribution in [-0.2, 0) is 11.8 Å². The van der Waals surface area contributed by atoms with Crippen molar-refractivity contribution in [3.05, 3.63) is 47.8 Å². The summed E-state index contributed by atoms with van der Waals surface area (Å²) in [7, 11) is 1.81. The molecule has 2 aromatic rings. The number of anilines is 1. The first-order valence-electron chi connectivity index (χ1n) is 7.67. The zero-order valence-corrected chi connectivity index (χ0v) is 13.8. The minimum Gasteiger partial charge on any atom is -0.328 e. The average Bonchev–Trinajstić information content (AvgIpc) is 2.85. The van der Waals surface area contributed by atoms with Crippen LogP contribution in [0.5, 0.6) is 0 Å². The lowest BCUT2D eigenvalue weighted by atomic mass is 9.87. The quantitative estimate of drug-likeness (QED) is 0.907. The summed E-state index contributed by atoms with van der Waals surface area (Å²) in [4.78, 5) is 28.6.